The molecule has 16 heavy (non-hydrogen) atoms. The number of benzene rings is 1. The summed E-state index contributed by atoms with van der Waals surface area (Å²) in [5.74, 6) is 0. The standard InChI is InChI=1S/C13H13NOS/c1-11(12-7-3-2-4-8-12)15-14-10-6-5-9-13(14)16/h2-11H,1H3. The lowest BCUT2D eigenvalue weighted by atomic mass is 10.1. The molecule has 1 unspecified atom stereocenters. The topological polar surface area (TPSA) is 14.2 Å². The van der Waals surface area contributed by atoms with Crippen LogP contribution in [-0.4, -0.2) is 4.73 Å². The van der Waals surface area contributed by atoms with Gasteiger partial charge in [-0.05, 0) is 24.6 Å². The fourth-order valence-corrected chi connectivity index (χ4v) is 1.64. The van der Waals surface area contributed by atoms with Gasteiger partial charge in [-0.2, -0.15) is 4.73 Å². The smallest absolute Gasteiger partial charge is 0.147 e. The number of hydrogen-bond donors (Lipinski definition) is 0. The molecule has 1 aromatic carbocycles. The van der Waals surface area contributed by atoms with Gasteiger partial charge < -0.3 is 4.84 Å². The zero-order chi connectivity index (χ0) is 11.4. The molecular weight excluding hydrogens is 218 g/mol. The molecule has 3 heteroatoms. The van der Waals surface area contributed by atoms with Gasteiger partial charge in [-0.1, -0.05) is 48.6 Å². The van der Waals surface area contributed by atoms with Gasteiger partial charge in [0.15, 0.2) is 0 Å². The van der Waals surface area contributed by atoms with Crippen LogP contribution < -0.4 is 4.84 Å². The lowest BCUT2D eigenvalue weighted by molar-refractivity contribution is 0.0441. The Labute approximate surface area is 100 Å². The predicted molar refractivity (Wildman–Crippen MR) is 66.7 cm³/mol. The maximum Gasteiger partial charge on any atom is 0.147 e. The maximum absolute atomic E-state index is 5.74. The molecule has 82 valence electrons. The highest BCUT2D eigenvalue weighted by Crippen LogP contribution is 2.13. The molecule has 2 nitrogen and oxygen atoms in total. The zero-order valence-corrected chi connectivity index (χ0v) is 9.85. The highest BCUT2D eigenvalue weighted by molar-refractivity contribution is 7.71. The number of hydrogen-bond acceptors (Lipinski definition) is 2. The summed E-state index contributed by atoms with van der Waals surface area (Å²) in [6.07, 6.45) is 1.80. The van der Waals surface area contributed by atoms with E-state index in [4.69, 9.17) is 17.1 Å². The highest BCUT2D eigenvalue weighted by atomic mass is 32.1. The molecule has 0 bridgehead atoms. The molecule has 0 N–H and O–H groups in total. The van der Waals surface area contributed by atoms with Gasteiger partial charge in [-0.25, -0.2) is 0 Å². The first kappa shape index (κ1) is 10.9. The van der Waals surface area contributed by atoms with E-state index in [1.54, 1.807) is 4.73 Å². The van der Waals surface area contributed by atoms with Gasteiger partial charge in [0.05, 0.1) is 0 Å². The number of aromatic nitrogens is 1. The van der Waals surface area contributed by atoms with Crippen molar-refractivity contribution >= 4 is 12.2 Å². The first-order valence-corrected chi connectivity index (χ1v) is 5.58. The second-order valence-corrected chi connectivity index (χ2v) is 3.94. The first-order valence-electron chi connectivity index (χ1n) is 5.17. The van der Waals surface area contributed by atoms with Crippen molar-refractivity contribution in [1.29, 1.82) is 0 Å². The van der Waals surface area contributed by atoms with Crippen molar-refractivity contribution in [3.8, 4) is 0 Å². The van der Waals surface area contributed by atoms with Crippen molar-refractivity contribution in [1.82, 2.24) is 4.73 Å². The quantitative estimate of drug-likeness (QED) is 0.751. The van der Waals surface area contributed by atoms with E-state index in [-0.39, 0.29) is 6.10 Å². The third-order valence-corrected chi connectivity index (χ3v) is 2.65. The number of rotatable bonds is 3. The van der Waals surface area contributed by atoms with Crippen LogP contribution in [0.15, 0.2) is 54.7 Å². The van der Waals surface area contributed by atoms with Gasteiger partial charge in [0.25, 0.3) is 0 Å². The van der Waals surface area contributed by atoms with Crippen molar-refractivity contribution in [3.05, 3.63) is 64.9 Å². The fraction of sp³-hybridized carbons (Fsp3) is 0.154. The summed E-state index contributed by atoms with van der Waals surface area (Å²) in [5.41, 5.74) is 1.13. The van der Waals surface area contributed by atoms with Gasteiger partial charge in [0.1, 0.15) is 10.7 Å². The predicted octanol–water partition coefficient (Wildman–Crippen LogP) is 3.41. The zero-order valence-electron chi connectivity index (χ0n) is 9.04. The molecule has 0 spiro atoms. The Kier molecular flexibility index (Phi) is 3.37. The van der Waals surface area contributed by atoms with E-state index >= 15 is 0 Å². The second kappa shape index (κ2) is 4.94. The highest BCUT2D eigenvalue weighted by Gasteiger charge is 2.05. The summed E-state index contributed by atoms with van der Waals surface area (Å²) < 4.78 is 2.29. The van der Waals surface area contributed by atoms with Crippen LogP contribution in [0.5, 0.6) is 0 Å². The Bertz CT molecular complexity index is 507. The Balaban J connectivity index is 2.17. The van der Waals surface area contributed by atoms with Crippen LogP contribution in [0.4, 0.5) is 0 Å². The molecule has 0 aliphatic carbocycles. The largest absolute Gasteiger partial charge is 0.405 e. The molecule has 0 saturated heterocycles. The molecule has 0 fully saturated rings. The van der Waals surface area contributed by atoms with Gasteiger partial charge in [-0.15, -0.1) is 0 Å². The van der Waals surface area contributed by atoms with E-state index < -0.39 is 0 Å². The number of nitrogens with zero attached hydrogens (tertiary/aromatic N) is 1. The van der Waals surface area contributed by atoms with E-state index in [1.165, 1.54) is 0 Å². The summed E-state index contributed by atoms with van der Waals surface area (Å²) in [4.78, 5) is 5.74. The molecule has 0 saturated carbocycles. The molecule has 2 aromatic rings. The van der Waals surface area contributed by atoms with Crippen molar-refractivity contribution in [2.75, 3.05) is 0 Å². The molecule has 0 aliphatic heterocycles. The molecular formula is C13H13NOS. The first-order chi connectivity index (χ1) is 7.77. The Morgan fingerprint density at radius 2 is 1.75 bits per heavy atom. The minimum absolute atomic E-state index is 0.0182. The van der Waals surface area contributed by atoms with Crippen molar-refractivity contribution in [2.24, 2.45) is 0 Å². The minimum Gasteiger partial charge on any atom is -0.405 e. The minimum atomic E-state index is -0.0182. The Morgan fingerprint density at radius 1 is 1.06 bits per heavy atom. The van der Waals surface area contributed by atoms with Crippen LogP contribution in [-0.2, 0) is 0 Å². The summed E-state index contributed by atoms with van der Waals surface area (Å²) >= 11 is 5.16. The maximum atomic E-state index is 5.74. The van der Waals surface area contributed by atoms with Crippen LogP contribution in [0.3, 0.4) is 0 Å². The van der Waals surface area contributed by atoms with Gasteiger partial charge >= 0.3 is 0 Å². The molecule has 0 radical (unpaired) electrons. The molecule has 0 aliphatic rings. The summed E-state index contributed by atoms with van der Waals surface area (Å²) in [5, 5.41) is 0. The van der Waals surface area contributed by atoms with E-state index in [2.05, 4.69) is 0 Å². The van der Waals surface area contributed by atoms with Crippen LogP contribution in [0, 0.1) is 4.64 Å². The molecule has 1 aromatic heterocycles. The second-order valence-electron chi connectivity index (χ2n) is 3.52. The lowest BCUT2D eigenvalue weighted by Crippen LogP contribution is -2.16. The Hall–Kier alpha value is -1.61. The SMILES string of the molecule is CC(On1ccccc1=S)c1ccccc1. The molecule has 2 rings (SSSR count). The normalized spacial score (nSPS) is 12.1. The van der Waals surface area contributed by atoms with Crippen molar-refractivity contribution in [2.45, 2.75) is 13.0 Å². The van der Waals surface area contributed by atoms with Gasteiger partial charge in [-0.3, -0.25) is 0 Å². The van der Waals surface area contributed by atoms with E-state index in [0.717, 1.165) is 5.56 Å². The van der Waals surface area contributed by atoms with E-state index in [0.29, 0.717) is 4.64 Å². The summed E-state index contributed by atoms with van der Waals surface area (Å²) in [6.45, 7) is 2.00. The van der Waals surface area contributed by atoms with E-state index in [1.807, 2.05) is 61.7 Å². The van der Waals surface area contributed by atoms with Crippen LogP contribution >= 0.6 is 12.2 Å². The monoisotopic (exact) mass is 231 g/mol. The van der Waals surface area contributed by atoms with Crippen molar-refractivity contribution < 1.29 is 4.84 Å². The lowest BCUT2D eigenvalue weighted by Gasteiger charge is -2.16. The molecule has 1 heterocycles. The van der Waals surface area contributed by atoms with E-state index in [9.17, 15) is 0 Å². The molecule has 0 amide bonds. The molecule has 1 atom stereocenters. The summed E-state index contributed by atoms with van der Waals surface area (Å²) in [7, 11) is 0. The van der Waals surface area contributed by atoms with Crippen molar-refractivity contribution in [3.63, 3.8) is 0 Å². The number of pyridine rings is 1. The Morgan fingerprint density at radius 3 is 2.44 bits per heavy atom. The van der Waals surface area contributed by atoms with Crippen LogP contribution in [0.2, 0.25) is 0 Å². The van der Waals surface area contributed by atoms with Gasteiger partial charge in [0.2, 0.25) is 0 Å². The average Bonchev–Trinajstić information content (AvgIpc) is 2.33. The third-order valence-electron chi connectivity index (χ3n) is 2.33. The van der Waals surface area contributed by atoms with Crippen LogP contribution in [0.1, 0.15) is 18.6 Å². The fourth-order valence-electron chi connectivity index (χ4n) is 1.45. The third kappa shape index (κ3) is 2.49. The summed E-state index contributed by atoms with van der Waals surface area (Å²) in [6, 6.07) is 15.7. The van der Waals surface area contributed by atoms with Crippen LogP contribution in [0.25, 0.3) is 0 Å². The van der Waals surface area contributed by atoms with Gasteiger partial charge in [0, 0.05) is 6.20 Å². The average molecular weight is 231 g/mol.